The van der Waals surface area contributed by atoms with Crippen molar-refractivity contribution in [3.63, 3.8) is 0 Å². The summed E-state index contributed by atoms with van der Waals surface area (Å²) in [5, 5.41) is 13.0. The number of fused-ring (bicyclic) bond motifs is 1. The highest BCUT2D eigenvalue weighted by molar-refractivity contribution is 5.72. The third-order valence-electron chi connectivity index (χ3n) is 4.70. The molecule has 0 amide bonds. The molecule has 0 bridgehead atoms. The number of halogens is 1. The van der Waals surface area contributed by atoms with Gasteiger partial charge in [-0.3, -0.25) is 4.79 Å². The molecule has 0 atom stereocenters. The Morgan fingerprint density at radius 3 is 2.54 bits per heavy atom. The van der Waals surface area contributed by atoms with Crippen LogP contribution >= 0.6 is 0 Å². The third kappa shape index (κ3) is 2.98. The minimum Gasteiger partial charge on any atom is -0.469 e. The van der Waals surface area contributed by atoms with Crippen LogP contribution in [0.1, 0.15) is 12.8 Å². The van der Waals surface area contributed by atoms with E-state index in [1.807, 2.05) is 12.1 Å². The van der Waals surface area contributed by atoms with Gasteiger partial charge in [-0.25, -0.2) is 4.39 Å². The summed E-state index contributed by atoms with van der Waals surface area (Å²) in [5.41, 5.74) is 1.37. The van der Waals surface area contributed by atoms with E-state index in [2.05, 4.69) is 20.2 Å². The van der Waals surface area contributed by atoms with Gasteiger partial charge in [0.15, 0.2) is 11.5 Å². The van der Waals surface area contributed by atoms with E-state index < -0.39 is 0 Å². The molecule has 0 saturated carbocycles. The number of rotatable bonds is 3. The molecule has 0 N–H and O–H groups in total. The summed E-state index contributed by atoms with van der Waals surface area (Å²) >= 11 is 0. The van der Waals surface area contributed by atoms with Crippen LogP contribution in [0.2, 0.25) is 0 Å². The number of ether oxygens (including phenoxy) is 1. The average Bonchev–Trinajstić information content (AvgIpc) is 3.11. The molecule has 7 nitrogen and oxygen atoms in total. The maximum Gasteiger partial charge on any atom is 0.308 e. The van der Waals surface area contributed by atoms with Crippen molar-refractivity contribution >= 4 is 17.4 Å². The summed E-state index contributed by atoms with van der Waals surface area (Å²) in [6.45, 7) is 1.46. The molecule has 0 radical (unpaired) electrons. The summed E-state index contributed by atoms with van der Waals surface area (Å²) in [7, 11) is 1.42. The second-order valence-electron chi connectivity index (χ2n) is 6.28. The van der Waals surface area contributed by atoms with Crippen molar-refractivity contribution in [1.82, 2.24) is 19.8 Å². The van der Waals surface area contributed by atoms with Gasteiger partial charge in [-0.1, -0.05) is 0 Å². The molecule has 0 aliphatic carbocycles. The number of esters is 1. The van der Waals surface area contributed by atoms with Crippen molar-refractivity contribution < 1.29 is 13.9 Å². The fraction of sp³-hybridized carbons (Fsp3) is 0.333. The number of aromatic nitrogens is 4. The van der Waals surface area contributed by atoms with Crippen molar-refractivity contribution in [2.75, 3.05) is 25.1 Å². The van der Waals surface area contributed by atoms with Gasteiger partial charge in [-0.15, -0.1) is 15.3 Å². The van der Waals surface area contributed by atoms with Gasteiger partial charge < -0.3 is 9.64 Å². The highest BCUT2D eigenvalue weighted by Gasteiger charge is 2.26. The van der Waals surface area contributed by atoms with Crippen molar-refractivity contribution in [2.45, 2.75) is 12.8 Å². The first-order valence-electron chi connectivity index (χ1n) is 8.47. The average molecular weight is 355 g/mol. The van der Waals surface area contributed by atoms with E-state index in [1.165, 1.54) is 19.2 Å². The van der Waals surface area contributed by atoms with Crippen LogP contribution in [-0.2, 0) is 9.53 Å². The standard InChI is InChI=1S/C18H18FN5O2/c1-26-18(25)13-8-10-23(11-9-13)16-7-6-15-20-21-17(24(15)22-16)12-2-4-14(19)5-3-12/h2-7,13H,8-11H2,1H3. The Morgan fingerprint density at radius 2 is 1.85 bits per heavy atom. The van der Waals surface area contributed by atoms with Gasteiger partial charge in [0.2, 0.25) is 0 Å². The first-order valence-corrected chi connectivity index (χ1v) is 8.47. The van der Waals surface area contributed by atoms with Crippen molar-refractivity contribution in [3.8, 4) is 11.4 Å². The van der Waals surface area contributed by atoms with Crippen molar-refractivity contribution in [2.24, 2.45) is 5.92 Å². The molecule has 3 heterocycles. The van der Waals surface area contributed by atoms with Crippen molar-refractivity contribution in [1.29, 1.82) is 0 Å². The molecule has 1 fully saturated rings. The molecule has 1 aliphatic rings. The third-order valence-corrected chi connectivity index (χ3v) is 4.70. The molecule has 0 spiro atoms. The molecule has 26 heavy (non-hydrogen) atoms. The number of anilines is 1. The van der Waals surface area contributed by atoms with E-state index in [4.69, 9.17) is 4.74 Å². The number of hydrogen-bond acceptors (Lipinski definition) is 6. The van der Waals surface area contributed by atoms with Crippen LogP contribution in [-0.4, -0.2) is 46.0 Å². The van der Waals surface area contributed by atoms with Gasteiger partial charge in [-0.2, -0.15) is 4.52 Å². The number of benzene rings is 1. The first kappa shape index (κ1) is 16.4. The fourth-order valence-corrected chi connectivity index (χ4v) is 3.24. The highest BCUT2D eigenvalue weighted by Crippen LogP contribution is 2.24. The molecule has 4 rings (SSSR count). The number of carbonyl (C=O) groups is 1. The number of methoxy groups -OCH3 is 1. The van der Waals surface area contributed by atoms with E-state index in [9.17, 15) is 9.18 Å². The molecular formula is C18H18FN5O2. The summed E-state index contributed by atoms with van der Waals surface area (Å²) in [6.07, 6.45) is 1.47. The zero-order valence-corrected chi connectivity index (χ0v) is 14.3. The highest BCUT2D eigenvalue weighted by atomic mass is 19.1. The lowest BCUT2D eigenvalue weighted by Gasteiger charge is -2.31. The van der Waals surface area contributed by atoms with Crippen LogP contribution in [0, 0.1) is 11.7 Å². The van der Waals surface area contributed by atoms with E-state index in [0.717, 1.165) is 37.3 Å². The predicted octanol–water partition coefficient (Wildman–Crippen LogP) is 2.32. The van der Waals surface area contributed by atoms with E-state index >= 15 is 0 Å². The molecule has 1 saturated heterocycles. The SMILES string of the molecule is COC(=O)C1CCN(c2ccc3nnc(-c4ccc(F)cc4)n3n2)CC1. The first-order chi connectivity index (χ1) is 12.7. The fourth-order valence-electron chi connectivity index (χ4n) is 3.24. The normalized spacial score (nSPS) is 15.4. The lowest BCUT2D eigenvalue weighted by Crippen LogP contribution is -2.37. The second kappa shape index (κ2) is 6.70. The Hall–Kier alpha value is -3.03. The molecule has 1 aliphatic heterocycles. The maximum absolute atomic E-state index is 13.2. The smallest absolute Gasteiger partial charge is 0.308 e. The molecule has 2 aromatic heterocycles. The summed E-state index contributed by atoms with van der Waals surface area (Å²) in [6, 6.07) is 9.84. The van der Waals surface area contributed by atoms with Crippen LogP contribution < -0.4 is 4.90 Å². The zero-order chi connectivity index (χ0) is 18.1. The van der Waals surface area contributed by atoms with E-state index in [0.29, 0.717) is 11.5 Å². The van der Waals surface area contributed by atoms with E-state index in [1.54, 1.807) is 16.6 Å². The maximum atomic E-state index is 13.2. The Kier molecular flexibility index (Phi) is 4.24. The number of carbonyl (C=O) groups excluding carboxylic acids is 1. The van der Waals surface area contributed by atoms with Gasteiger partial charge in [0.05, 0.1) is 13.0 Å². The monoisotopic (exact) mass is 355 g/mol. The van der Waals surface area contributed by atoms with Gasteiger partial charge >= 0.3 is 5.97 Å². The largest absolute Gasteiger partial charge is 0.469 e. The van der Waals surface area contributed by atoms with Gasteiger partial charge in [-0.05, 0) is 49.2 Å². The lowest BCUT2D eigenvalue weighted by atomic mass is 9.97. The van der Waals surface area contributed by atoms with Crippen LogP contribution in [0.3, 0.4) is 0 Å². The Bertz CT molecular complexity index is 932. The van der Waals surface area contributed by atoms with Crippen LogP contribution in [0.4, 0.5) is 10.2 Å². The quantitative estimate of drug-likeness (QED) is 0.672. The van der Waals surface area contributed by atoms with Crippen LogP contribution in [0.5, 0.6) is 0 Å². The molecule has 8 heteroatoms. The zero-order valence-electron chi connectivity index (χ0n) is 14.3. The van der Waals surface area contributed by atoms with Gasteiger partial charge in [0.25, 0.3) is 0 Å². The molecule has 1 aromatic carbocycles. The Morgan fingerprint density at radius 1 is 1.12 bits per heavy atom. The molecule has 134 valence electrons. The van der Waals surface area contributed by atoms with Crippen LogP contribution in [0.25, 0.3) is 17.0 Å². The molecule has 0 unspecified atom stereocenters. The predicted molar refractivity (Wildman–Crippen MR) is 93.1 cm³/mol. The number of nitrogens with zero attached hydrogens (tertiary/aromatic N) is 5. The second-order valence-corrected chi connectivity index (χ2v) is 6.28. The Balaban J connectivity index is 1.61. The summed E-state index contributed by atoms with van der Waals surface area (Å²) < 4.78 is 19.7. The summed E-state index contributed by atoms with van der Waals surface area (Å²) in [4.78, 5) is 13.8. The minimum absolute atomic E-state index is 0.0512. The minimum atomic E-state index is -0.301. The number of hydrogen-bond donors (Lipinski definition) is 0. The molecule has 3 aromatic rings. The van der Waals surface area contributed by atoms with Crippen molar-refractivity contribution in [3.05, 3.63) is 42.2 Å². The van der Waals surface area contributed by atoms with Gasteiger partial charge in [0, 0.05) is 18.7 Å². The lowest BCUT2D eigenvalue weighted by molar-refractivity contribution is -0.146. The van der Waals surface area contributed by atoms with E-state index in [-0.39, 0.29) is 17.7 Å². The topological polar surface area (TPSA) is 72.6 Å². The van der Waals surface area contributed by atoms with Gasteiger partial charge in [0.1, 0.15) is 11.6 Å². The Labute approximate surface area is 149 Å². The number of piperidine rings is 1. The van der Waals surface area contributed by atoms with Crippen LogP contribution in [0.15, 0.2) is 36.4 Å². The molecular weight excluding hydrogens is 337 g/mol. The summed E-state index contributed by atoms with van der Waals surface area (Å²) in [5.74, 6) is 0.857.